The minimum Gasteiger partial charge on any atom is -0.476 e. The lowest BCUT2D eigenvalue weighted by Gasteiger charge is -2.10. The van der Waals surface area contributed by atoms with Crippen molar-refractivity contribution in [2.24, 2.45) is 0 Å². The van der Waals surface area contributed by atoms with Crippen LogP contribution in [-0.4, -0.2) is 45.9 Å². The Morgan fingerprint density at radius 3 is 2.76 bits per heavy atom. The molecule has 7 nitrogen and oxygen atoms in total. The molecule has 0 aliphatic heterocycles. The largest absolute Gasteiger partial charge is 0.476 e. The molecule has 1 amide bonds. The maximum atomic E-state index is 11.8. The molecule has 2 aromatic rings. The van der Waals surface area contributed by atoms with Gasteiger partial charge in [0.2, 0.25) is 0 Å². The molecule has 8 heteroatoms. The maximum Gasteiger partial charge on any atom is 0.355 e. The molecule has 0 unspecified atom stereocenters. The number of carboxylic acid groups (broad SMARTS) is 1. The highest BCUT2D eigenvalue weighted by Gasteiger charge is 2.11. The molecular weight excluding hydrogens is 292 g/mol. The van der Waals surface area contributed by atoms with Gasteiger partial charge in [0, 0.05) is 31.4 Å². The first-order chi connectivity index (χ1) is 9.97. The van der Waals surface area contributed by atoms with E-state index < -0.39 is 5.97 Å². The average Bonchev–Trinajstić information content (AvgIpc) is 2.93. The van der Waals surface area contributed by atoms with Crippen molar-refractivity contribution in [2.45, 2.75) is 6.54 Å². The van der Waals surface area contributed by atoms with Crippen LogP contribution in [0, 0.1) is 0 Å². The van der Waals surface area contributed by atoms with Gasteiger partial charge in [-0.05, 0) is 12.1 Å². The zero-order chi connectivity index (χ0) is 15.4. The van der Waals surface area contributed by atoms with E-state index in [-0.39, 0.29) is 11.6 Å². The minimum atomic E-state index is -1.04. The Kier molecular flexibility index (Phi) is 4.49. The van der Waals surface area contributed by atoms with E-state index in [0.717, 1.165) is 5.69 Å². The zero-order valence-corrected chi connectivity index (χ0v) is 12.3. The number of amides is 1. The number of nitrogens with zero attached hydrogens (tertiary/aromatic N) is 3. The van der Waals surface area contributed by atoms with Crippen molar-refractivity contribution >= 4 is 28.9 Å². The van der Waals surface area contributed by atoms with Crippen molar-refractivity contribution < 1.29 is 14.7 Å². The van der Waals surface area contributed by atoms with Crippen LogP contribution in [0.4, 0.5) is 5.69 Å². The van der Waals surface area contributed by atoms with Gasteiger partial charge in [-0.1, -0.05) is 0 Å². The molecule has 110 valence electrons. The summed E-state index contributed by atoms with van der Waals surface area (Å²) in [6.45, 7) is 0.386. The highest BCUT2D eigenvalue weighted by Crippen LogP contribution is 2.14. The Labute approximate surface area is 125 Å². The first kappa shape index (κ1) is 14.9. The monoisotopic (exact) mass is 306 g/mol. The van der Waals surface area contributed by atoms with Crippen molar-refractivity contribution in [2.75, 3.05) is 19.4 Å². The number of anilines is 1. The average molecular weight is 306 g/mol. The van der Waals surface area contributed by atoms with Crippen LogP contribution in [0.1, 0.15) is 26.0 Å². The molecule has 0 atom stereocenters. The highest BCUT2D eigenvalue weighted by atomic mass is 32.1. The predicted molar refractivity (Wildman–Crippen MR) is 78.7 cm³/mol. The lowest BCUT2D eigenvalue weighted by atomic mass is 10.3. The van der Waals surface area contributed by atoms with Gasteiger partial charge in [0.05, 0.1) is 6.54 Å². The number of hydrogen-bond acceptors (Lipinski definition) is 6. The van der Waals surface area contributed by atoms with Crippen LogP contribution in [0.5, 0.6) is 0 Å². The van der Waals surface area contributed by atoms with Gasteiger partial charge in [-0.25, -0.2) is 9.78 Å². The minimum absolute atomic E-state index is 0.0370. The SMILES string of the molecule is CN(C)C(=O)c1cc(NCc2nc(C(=O)O)cs2)ccn1. The van der Waals surface area contributed by atoms with E-state index in [1.165, 1.54) is 21.6 Å². The molecule has 2 aromatic heterocycles. The number of carbonyl (C=O) groups excluding carboxylic acids is 1. The third-order valence-corrected chi connectivity index (χ3v) is 3.45. The van der Waals surface area contributed by atoms with Gasteiger partial charge in [-0.3, -0.25) is 9.78 Å². The molecule has 0 aromatic carbocycles. The van der Waals surface area contributed by atoms with E-state index in [2.05, 4.69) is 15.3 Å². The molecule has 0 bridgehead atoms. The first-order valence-corrected chi connectivity index (χ1v) is 6.94. The lowest BCUT2D eigenvalue weighted by molar-refractivity contribution is 0.0690. The number of aromatic carboxylic acids is 1. The molecule has 0 aliphatic carbocycles. The molecule has 2 rings (SSSR count). The summed E-state index contributed by atoms with van der Waals surface area (Å²) in [5, 5.41) is 14.0. The number of carboxylic acids is 1. The molecule has 21 heavy (non-hydrogen) atoms. The summed E-state index contributed by atoms with van der Waals surface area (Å²) in [4.78, 5) is 32.0. The fourth-order valence-electron chi connectivity index (χ4n) is 1.55. The number of rotatable bonds is 5. The van der Waals surface area contributed by atoms with Crippen LogP contribution in [0.25, 0.3) is 0 Å². The van der Waals surface area contributed by atoms with Crippen molar-refractivity contribution in [1.29, 1.82) is 0 Å². The van der Waals surface area contributed by atoms with E-state index >= 15 is 0 Å². The summed E-state index contributed by atoms with van der Waals surface area (Å²) in [6.07, 6.45) is 1.55. The molecular formula is C13H14N4O3S. The van der Waals surface area contributed by atoms with E-state index in [1.807, 2.05) is 0 Å². The standard InChI is InChI=1S/C13H14N4O3S/c1-17(2)12(18)9-5-8(3-4-14-9)15-6-11-16-10(7-21-11)13(19)20/h3-5,7H,6H2,1-2H3,(H,14,15)(H,19,20). The Hall–Kier alpha value is -2.48. The van der Waals surface area contributed by atoms with Crippen LogP contribution >= 0.6 is 11.3 Å². The van der Waals surface area contributed by atoms with E-state index in [4.69, 9.17) is 5.11 Å². The molecule has 0 radical (unpaired) electrons. The zero-order valence-electron chi connectivity index (χ0n) is 11.5. The Morgan fingerprint density at radius 2 is 2.14 bits per heavy atom. The van der Waals surface area contributed by atoms with Gasteiger partial charge in [0.15, 0.2) is 5.69 Å². The topological polar surface area (TPSA) is 95.4 Å². The molecule has 0 saturated carbocycles. The highest BCUT2D eigenvalue weighted by molar-refractivity contribution is 7.09. The molecule has 0 fully saturated rings. The van der Waals surface area contributed by atoms with Crippen LogP contribution in [-0.2, 0) is 6.54 Å². The molecule has 2 N–H and O–H groups in total. The number of carbonyl (C=O) groups is 2. The Bertz CT molecular complexity index is 669. The van der Waals surface area contributed by atoms with E-state index in [9.17, 15) is 9.59 Å². The van der Waals surface area contributed by atoms with Gasteiger partial charge >= 0.3 is 5.97 Å². The fourth-order valence-corrected chi connectivity index (χ4v) is 2.26. The Balaban J connectivity index is 2.04. The normalized spacial score (nSPS) is 10.2. The molecule has 0 aliphatic rings. The lowest BCUT2D eigenvalue weighted by Crippen LogP contribution is -2.22. The van der Waals surface area contributed by atoms with Crippen LogP contribution in [0.2, 0.25) is 0 Å². The summed E-state index contributed by atoms with van der Waals surface area (Å²) in [7, 11) is 3.32. The second kappa shape index (κ2) is 6.31. The maximum absolute atomic E-state index is 11.8. The van der Waals surface area contributed by atoms with Gasteiger partial charge < -0.3 is 15.3 Å². The van der Waals surface area contributed by atoms with Crippen LogP contribution in [0.15, 0.2) is 23.7 Å². The van der Waals surface area contributed by atoms with Gasteiger partial charge in [0.1, 0.15) is 10.7 Å². The number of thiazole rings is 1. The molecule has 0 saturated heterocycles. The molecule has 2 heterocycles. The van der Waals surface area contributed by atoms with Crippen molar-refractivity contribution in [3.63, 3.8) is 0 Å². The second-order valence-electron chi connectivity index (χ2n) is 4.41. The smallest absolute Gasteiger partial charge is 0.355 e. The summed E-state index contributed by atoms with van der Waals surface area (Å²) in [5.41, 5.74) is 1.10. The summed E-state index contributed by atoms with van der Waals surface area (Å²) >= 11 is 1.27. The van der Waals surface area contributed by atoms with Crippen molar-refractivity contribution in [3.05, 3.63) is 40.1 Å². The van der Waals surface area contributed by atoms with Gasteiger partial charge in [-0.15, -0.1) is 11.3 Å². The first-order valence-electron chi connectivity index (χ1n) is 6.06. The van der Waals surface area contributed by atoms with Crippen molar-refractivity contribution in [3.8, 4) is 0 Å². The third-order valence-electron chi connectivity index (χ3n) is 2.60. The summed E-state index contributed by atoms with van der Waals surface area (Å²) < 4.78 is 0. The van der Waals surface area contributed by atoms with E-state index in [1.54, 1.807) is 32.4 Å². The predicted octanol–water partition coefficient (Wildman–Crippen LogP) is 1.55. The van der Waals surface area contributed by atoms with Gasteiger partial charge in [0.25, 0.3) is 5.91 Å². The Morgan fingerprint density at radius 1 is 1.38 bits per heavy atom. The number of nitrogens with one attached hydrogen (secondary N) is 1. The van der Waals surface area contributed by atoms with E-state index in [0.29, 0.717) is 17.2 Å². The number of hydrogen-bond donors (Lipinski definition) is 2. The summed E-state index contributed by atoms with van der Waals surface area (Å²) in [6, 6.07) is 3.38. The second-order valence-corrected chi connectivity index (χ2v) is 5.36. The van der Waals surface area contributed by atoms with Crippen LogP contribution < -0.4 is 5.32 Å². The quantitative estimate of drug-likeness (QED) is 0.870. The van der Waals surface area contributed by atoms with Crippen LogP contribution in [0.3, 0.4) is 0 Å². The van der Waals surface area contributed by atoms with Gasteiger partial charge in [-0.2, -0.15) is 0 Å². The molecule has 0 spiro atoms. The van der Waals surface area contributed by atoms with Crippen molar-refractivity contribution in [1.82, 2.24) is 14.9 Å². The third kappa shape index (κ3) is 3.76. The fraction of sp³-hybridized carbons (Fsp3) is 0.231. The number of pyridine rings is 1. The number of aromatic nitrogens is 2. The summed E-state index contributed by atoms with van der Waals surface area (Å²) in [5.74, 6) is -1.22.